The first kappa shape index (κ1) is 24.2. The van der Waals surface area contributed by atoms with E-state index in [1.807, 2.05) is 18.4 Å². The van der Waals surface area contributed by atoms with Gasteiger partial charge in [0.1, 0.15) is 0 Å². The van der Waals surface area contributed by atoms with E-state index < -0.39 is 5.92 Å². The first-order chi connectivity index (χ1) is 17.4. The Kier molecular flexibility index (Phi) is 6.60. The Morgan fingerprint density at radius 2 is 1.94 bits per heavy atom. The van der Waals surface area contributed by atoms with Gasteiger partial charge in [-0.15, -0.1) is 11.3 Å². The largest absolute Gasteiger partial charge is 0.504 e. The predicted octanol–water partition coefficient (Wildman–Crippen LogP) is 6.12. The number of halogens is 1. The Labute approximate surface area is 218 Å². The van der Waals surface area contributed by atoms with Crippen molar-refractivity contribution in [3.8, 4) is 11.5 Å². The van der Waals surface area contributed by atoms with Gasteiger partial charge in [-0.1, -0.05) is 23.7 Å². The first-order valence-electron chi connectivity index (χ1n) is 11.6. The Hall–Kier alpha value is -3.55. The van der Waals surface area contributed by atoms with Crippen molar-refractivity contribution in [1.29, 1.82) is 0 Å². The number of anilines is 1. The van der Waals surface area contributed by atoms with Gasteiger partial charge in [0.15, 0.2) is 17.3 Å². The van der Waals surface area contributed by atoms with Gasteiger partial charge in [-0.05, 0) is 66.8 Å². The van der Waals surface area contributed by atoms with Crippen LogP contribution in [0.3, 0.4) is 0 Å². The standard InChI is InChI=1S/C28H25ClN2O4S/c1-15-25(28(34)31-19-8-6-18(29)7-9-19)26(16-5-10-21(32)23(14-16)35-2)27-20(30-15)12-17(13-22(27)33)24-4-3-11-36-24/h3-11,14,17,26,30,32H,12-13H2,1-2H3,(H,31,34)/t17-,26-/m1/s1. The number of amides is 1. The minimum atomic E-state index is -0.611. The topological polar surface area (TPSA) is 87.7 Å². The zero-order valence-electron chi connectivity index (χ0n) is 19.8. The number of dihydropyridines is 1. The normalized spacial score (nSPS) is 19.6. The number of carbonyl (C=O) groups excluding carboxylic acids is 2. The molecule has 2 heterocycles. The fourth-order valence-electron chi connectivity index (χ4n) is 5.00. The number of allylic oxidation sites excluding steroid dienone is 3. The summed E-state index contributed by atoms with van der Waals surface area (Å²) in [7, 11) is 1.47. The average molecular weight is 521 g/mol. The Bertz CT molecular complexity index is 1390. The lowest BCUT2D eigenvalue weighted by atomic mass is 9.72. The number of carbonyl (C=O) groups is 2. The molecule has 0 radical (unpaired) electrons. The summed E-state index contributed by atoms with van der Waals surface area (Å²) in [5.74, 6) is -0.564. The highest BCUT2D eigenvalue weighted by Crippen LogP contribution is 2.47. The molecule has 1 aliphatic heterocycles. The molecule has 3 N–H and O–H groups in total. The van der Waals surface area contributed by atoms with Crippen LogP contribution in [0.1, 0.15) is 42.0 Å². The lowest BCUT2D eigenvalue weighted by molar-refractivity contribution is -0.116. The fraction of sp³-hybridized carbons (Fsp3) is 0.214. The van der Waals surface area contributed by atoms with Gasteiger partial charge in [0, 0.05) is 56.4 Å². The summed E-state index contributed by atoms with van der Waals surface area (Å²) in [5, 5.41) is 19.1. The molecule has 2 aromatic carbocycles. The van der Waals surface area contributed by atoms with Gasteiger partial charge in [0.05, 0.1) is 7.11 Å². The number of methoxy groups -OCH3 is 1. The molecular formula is C28H25ClN2O4S. The van der Waals surface area contributed by atoms with Crippen LogP contribution >= 0.6 is 22.9 Å². The zero-order chi connectivity index (χ0) is 25.4. The maximum atomic E-state index is 13.7. The highest BCUT2D eigenvalue weighted by Gasteiger charge is 2.41. The molecule has 0 fully saturated rings. The van der Waals surface area contributed by atoms with E-state index in [1.165, 1.54) is 18.1 Å². The summed E-state index contributed by atoms with van der Waals surface area (Å²) in [6, 6.07) is 15.9. The number of benzene rings is 2. The number of hydrogen-bond acceptors (Lipinski definition) is 6. The number of aromatic hydroxyl groups is 1. The third kappa shape index (κ3) is 4.52. The molecule has 3 aromatic rings. The van der Waals surface area contributed by atoms with E-state index in [-0.39, 0.29) is 29.1 Å². The third-order valence-electron chi connectivity index (χ3n) is 6.66. The van der Waals surface area contributed by atoms with E-state index in [4.69, 9.17) is 16.3 Å². The molecule has 6 nitrogen and oxygen atoms in total. The second-order valence-electron chi connectivity index (χ2n) is 8.92. The highest BCUT2D eigenvalue weighted by molar-refractivity contribution is 7.10. The summed E-state index contributed by atoms with van der Waals surface area (Å²) in [5.41, 5.74) is 3.84. The van der Waals surface area contributed by atoms with Crippen molar-refractivity contribution in [2.75, 3.05) is 12.4 Å². The number of rotatable bonds is 5. The molecule has 5 rings (SSSR count). The van der Waals surface area contributed by atoms with E-state index in [0.29, 0.717) is 46.0 Å². The van der Waals surface area contributed by atoms with E-state index in [2.05, 4.69) is 16.7 Å². The number of nitrogens with one attached hydrogen (secondary N) is 2. The minimum absolute atomic E-state index is 0.00323. The molecule has 0 saturated heterocycles. The van der Waals surface area contributed by atoms with Crippen molar-refractivity contribution in [3.63, 3.8) is 0 Å². The van der Waals surface area contributed by atoms with Gasteiger partial charge in [0.25, 0.3) is 5.91 Å². The molecule has 0 unspecified atom stereocenters. The maximum Gasteiger partial charge on any atom is 0.254 e. The van der Waals surface area contributed by atoms with Gasteiger partial charge in [-0.3, -0.25) is 9.59 Å². The van der Waals surface area contributed by atoms with Gasteiger partial charge in [-0.25, -0.2) is 0 Å². The lowest BCUT2D eigenvalue weighted by Crippen LogP contribution is -2.37. The fourth-order valence-corrected chi connectivity index (χ4v) is 5.96. The Morgan fingerprint density at radius 3 is 2.64 bits per heavy atom. The summed E-state index contributed by atoms with van der Waals surface area (Å²) in [6.07, 6.45) is 1.05. The molecule has 1 aromatic heterocycles. The van der Waals surface area contributed by atoms with Gasteiger partial charge in [-0.2, -0.15) is 0 Å². The predicted molar refractivity (Wildman–Crippen MR) is 142 cm³/mol. The Morgan fingerprint density at radius 1 is 1.17 bits per heavy atom. The summed E-state index contributed by atoms with van der Waals surface area (Å²) < 4.78 is 5.34. The van der Waals surface area contributed by atoms with E-state index >= 15 is 0 Å². The molecular weight excluding hydrogens is 496 g/mol. The van der Waals surface area contributed by atoms with E-state index in [1.54, 1.807) is 47.7 Å². The van der Waals surface area contributed by atoms with E-state index in [9.17, 15) is 14.7 Å². The van der Waals surface area contributed by atoms with Crippen LogP contribution in [0.25, 0.3) is 0 Å². The van der Waals surface area contributed by atoms with Gasteiger partial charge < -0.3 is 20.5 Å². The second kappa shape index (κ2) is 9.84. The monoisotopic (exact) mass is 520 g/mol. The number of phenolic OH excluding ortho intramolecular Hbond substituents is 1. The van der Waals surface area contributed by atoms with Crippen molar-refractivity contribution in [3.05, 3.63) is 98.0 Å². The molecule has 2 atom stereocenters. The average Bonchev–Trinajstić information content (AvgIpc) is 3.40. The van der Waals surface area contributed by atoms with Crippen LogP contribution in [-0.2, 0) is 9.59 Å². The van der Waals surface area contributed by atoms with Crippen molar-refractivity contribution in [2.45, 2.75) is 31.6 Å². The molecule has 0 spiro atoms. The molecule has 0 bridgehead atoms. The summed E-state index contributed by atoms with van der Waals surface area (Å²) >= 11 is 7.65. The highest BCUT2D eigenvalue weighted by atomic mass is 35.5. The van der Waals surface area contributed by atoms with E-state index in [0.717, 1.165) is 5.70 Å². The van der Waals surface area contributed by atoms with Crippen LogP contribution < -0.4 is 15.4 Å². The van der Waals surface area contributed by atoms with Crippen LogP contribution in [0.5, 0.6) is 11.5 Å². The number of phenols is 1. The van der Waals surface area contributed by atoms with Crippen LogP contribution in [0.4, 0.5) is 5.69 Å². The number of ketones is 1. The van der Waals surface area contributed by atoms with Crippen LogP contribution in [0.2, 0.25) is 5.02 Å². The first-order valence-corrected chi connectivity index (χ1v) is 12.8. The molecule has 2 aliphatic rings. The number of thiophene rings is 1. The quantitative estimate of drug-likeness (QED) is 0.377. The van der Waals surface area contributed by atoms with Crippen molar-refractivity contribution in [2.24, 2.45) is 0 Å². The van der Waals surface area contributed by atoms with Crippen molar-refractivity contribution >= 4 is 40.3 Å². The van der Waals surface area contributed by atoms with Crippen LogP contribution in [0.15, 0.2) is 82.5 Å². The number of ether oxygens (including phenoxy) is 1. The number of hydrogen-bond donors (Lipinski definition) is 3. The van der Waals surface area contributed by atoms with Gasteiger partial charge >= 0.3 is 0 Å². The van der Waals surface area contributed by atoms with Crippen molar-refractivity contribution in [1.82, 2.24) is 5.32 Å². The second-order valence-corrected chi connectivity index (χ2v) is 10.3. The maximum absolute atomic E-state index is 13.7. The Balaban J connectivity index is 1.59. The number of Topliss-reactive ketones (excluding diaryl/α,β-unsaturated/α-hetero) is 1. The molecule has 8 heteroatoms. The summed E-state index contributed by atoms with van der Waals surface area (Å²) in [6.45, 7) is 1.85. The summed E-state index contributed by atoms with van der Waals surface area (Å²) in [4.78, 5) is 28.5. The van der Waals surface area contributed by atoms with Crippen molar-refractivity contribution < 1.29 is 19.4 Å². The van der Waals surface area contributed by atoms with Gasteiger partial charge in [0.2, 0.25) is 0 Å². The zero-order valence-corrected chi connectivity index (χ0v) is 21.4. The molecule has 1 amide bonds. The molecule has 184 valence electrons. The minimum Gasteiger partial charge on any atom is -0.504 e. The lowest BCUT2D eigenvalue weighted by Gasteiger charge is -2.36. The van der Waals surface area contributed by atoms with Crippen LogP contribution in [0, 0.1) is 0 Å². The molecule has 36 heavy (non-hydrogen) atoms. The van der Waals surface area contributed by atoms with Crippen LogP contribution in [-0.4, -0.2) is 23.9 Å². The smallest absolute Gasteiger partial charge is 0.254 e. The SMILES string of the molecule is COc1cc([C@@H]2C(C(=O)Nc3ccc(Cl)cc3)=C(C)NC3=C2C(=O)C[C@H](c2cccs2)C3)ccc1O. The molecule has 0 saturated carbocycles. The third-order valence-corrected chi connectivity index (χ3v) is 7.94. The molecule has 1 aliphatic carbocycles.